The molecule has 7 nitrogen and oxygen atoms in total. The quantitative estimate of drug-likeness (QED) is 0.559. The van der Waals surface area contributed by atoms with Crippen LogP contribution >= 0.6 is 0 Å². The van der Waals surface area contributed by atoms with Gasteiger partial charge in [-0.05, 0) is 19.8 Å². The average Bonchev–Trinajstić information content (AvgIpc) is 3.14. The minimum atomic E-state index is 0.401. The van der Waals surface area contributed by atoms with E-state index in [1.54, 1.807) is 0 Å². The second kappa shape index (κ2) is 4.70. The maximum atomic E-state index is 5.38. The van der Waals surface area contributed by atoms with Crippen LogP contribution in [-0.2, 0) is 0 Å². The Hall–Kier alpha value is -1.63. The third kappa shape index (κ3) is 2.55. The highest BCUT2D eigenvalue weighted by atomic mass is 15.4. The fourth-order valence-electron chi connectivity index (χ4n) is 1.70. The van der Waals surface area contributed by atoms with Gasteiger partial charge in [0.15, 0.2) is 0 Å². The summed E-state index contributed by atoms with van der Waals surface area (Å²) in [7, 11) is 3.79. The van der Waals surface area contributed by atoms with Crippen molar-refractivity contribution in [3.63, 3.8) is 0 Å². The number of nitrogens with two attached hydrogens (primary N) is 1. The first kappa shape index (κ1) is 11.8. The van der Waals surface area contributed by atoms with E-state index in [1.165, 1.54) is 12.8 Å². The summed E-state index contributed by atoms with van der Waals surface area (Å²) < 4.78 is 0. The second-order valence-electron chi connectivity index (χ2n) is 4.31. The highest BCUT2D eigenvalue weighted by Crippen LogP contribution is 2.30. The first-order valence-corrected chi connectivity index (χ1v) is 5.82. The molecule has 0 aromatic carbocycles. The molecule has 0 unspecified atom stereocenters. The number of nitrogens with one attached hydrogen (secondary N) is 1. The lowest BCUT2D eigenvalue weighted by Crippen LogP contribution is -2.29. The van der Waals surface area contributed by atoms with Gasteiger partial charge in [-0.15, -0.1) is 0 Å². The number of nitrogen functional groups attached to an aromatic ring is 1. The van der Waals surface area contributed by atoms with E-state index >= 15 is 0 Å². The van der Waals surface area contributed by atoms with E-state index in [2.05, 4.69) is 32.2 Å². The van der Waals surface area contributed by atoms with Gasteiger partial charge >= 0.3 is 0 Å². The monoisotopic (exact) mass is 237 g/mol. The van der Waals surface area contributed by atoms with E-state index in [0.717, 1.165) is 6.54 Å². The molecule has 2 rings (SSSR count). The molecule has 1 saturated carbocycles. The third-order valence-corrected chi connectivity index (χ3v) is 2.73. The van der Waals surface area contributed by atoms with Crippen LogP contribution in [-0.4, -0.2) is 41.6 Å². The van der Waals surface area contributed by atoms with Crippen LogP contribution in [0.15, 0.2) is 0 Å². The Morgan fingerprint density at radius 1 is 1.24 bits per heavy atom. The Bertz CT molecular complexity index is 388. The minimum Gasteiger partial charge on any atom is -0.347 e. The third-order valence-electron chi connectivity index (χ3n) is 2.73. The summed E-state index contributed by atoms with van der Waals surface area (Å²) in [5.41, 5.74) is 2.49. The lowest BCUT2D eigenvalue weighted by atomic mass is 10.5. The predicted octanol–water partition coefficient (Wildman–Crippen LogP) is 0.212. The van der Waals surface area contributed by atoms with Crippen molar-refractivity contribution in [1.82, 2.24) is 15.0 Å². The van der Waals surface area contributed by atoms with E-state index < -0.39 is 0 Å². The van der Waals surface area contributed by atoms with Crippen LogP contribution in [0.5, 0.6) is 0 Å². The Morgan fingerprint density at radius 2 is 1.88 bits per heavy atom. The van der Waals surface area contributed by atoms with Crippen molar-refractivity contribution in [2.75, 3.05) is 35.9 Å². The molecule has 1 aliphatic rings. The maximum absolute atomic E-state index is 5.38. The van der Waals surface area contributed by atoms with Crippen molar-refractivity contribution in [2.24, 2.45) is 5.84 Å². The molecule has 94 valence electrons. The van der Waals surface area contributed by atoms with Crippen molar-refractivity contribution in [2.45, 2.75) is 25.8 Å². The van der Waals surface area contributed by atoms with E-state index in [1.807, 2.05) is 19.0 Å². The molecule has 1 heterocycles. The Kier molecular flexibility index (Phi) is 3.28. The number of nitrogens with zero attached hydrogens (tertiary/aromatic N) is 5. The summed E-state index contributed by atoms with van der Waals surface area (Å²) in [6.45, 7) is 3.00. The SMILES string of the molecule is CCN(c1nc(NN)nc(N(C)C)n1)C1CC1. The fourth-order valence-corrected chi connectivity index (χ4v) is 1.70. The molecule has 1 aliphatic carbocycles. The number of hydrogen-bond donors (Lipinski definition) is 2. The highest BCUT2D eigenvalue weighted by Gasteiger charge is 2.30. The number of aromatic nitrogens is 3. The molecule has 0 radical (unpaired) electrons. The van der Waals surface area contributed by atoms with Crippen LogP contribution in [0.3, 0.4) is 0 Å². The van der Waals surface area contributed by atoms with Crippen molar-refractivity contribution in [3.05, 3.63) is 0 Å². The molecule has 1 fully saturated rings. The van der Waals surface area contributed by atoms with Crippen molar-refractivity contribution in [3.8, 4) is 0 Å². The number of rotatable bonds is 5. The molecular weight excluding hydrogens is 218 g/mol. The summed E-state index contributed by atoms with van der Waals surface area (Å²) >= 11 is 0. The van der Waals surface area contributed by atoms with Gasteiger partial charge in [0.05, 0.1) is 0 Å². The molecule has 0 aliphatic heterocycles. The number of hydrogen-bond acceptors (Lipinski definition) is 7. The zero-order valence-corrected chi connectivity index (χ0v) is 10.5. The molecule has 3 N–H and O–H groups in total. The second-order valence-corrected chi connectivity index (χ2v) is 4.31. The smallest absolute Gasteiger partial charge is 0.243 e. The lowest BCUT2D eigenvalue weighted by molar-refractivity contribution is 0.776. The zero-order chi connectivity index (χ0) is 12.4. The summed E-state index contributed by atoms with van der Waals surface area (Å²) in [6, 6.07) is 0.572. The van der Waals surface area contributed by atoms with E-state index in [-0.39, 0.29) is 0 Å². The summed E-state index contributed by atoms with van der Waals surface area (Å²) in [6.07, 6.45) is 2.42. The van der Waals surface area contributed by atoms with Gasteiger partial charge in [-0.1, -0.05) is 0 Å². The van der Waals surface area contributed by atoms with Gasteiger partial charge in [0, 0.05) is 26.7 Å². The zero-order valence-electron chi connectivity index (χ0n) is 10.5. The molecule has 0 bridgehead atoms. The van der Waals surface area contributed by atoms with Gasteiger partial charge in [0.2, 0.25) is 17.8 Å². The largest absolute Gasteiger partial charge is 0.347 e. The van der Waals surface area contributed by atoms with Gasteiger partial charge in [-0.25, -0.2) is 5.84 Å². The van der Waals surface area contributed by atoms with Crippen LogP contribution < -0.4 is 21.1 Å². The molecule has 0 amide bonds. The average molecular weight is 237 g/mol. The topological polar surface area (TPSA) is 83.2 Å². The molecule has 0 spiro atoms. The summed E-state index contributed by atoms with van der Waals surface area (Å²) in [5, 5.41) is 0. The van der Waals surface area contributed by atoms with Gasteiger partial charge in [-0.3, -0.25) is 5.43 Å². The molecule has 1 aromatic heterocycles. The van der Waals surface area contributed by atoms with Crippen molar-refractivity contribution < 1.29 is 0 Å². The Morgan fingerprint density at radius 3 is 2.35 bits per heavy atom. The van der Waals surface area contributed by atoms with Gasteiger partial charge < -0.3 is 9.80 Å². The summed E-state index contributed by atoms with van der Waals surface area (Å²) in [4.78, 5) is 17.0. The van der Waals surface area contributed by atoms with E-state index in [9.17, 15) is 0 Å². The van der Waals surface area contributed by atoms with Crippen LogP contribution in [0.2, 0.25) is 0 Å². The van der Waals surface area contributed by atoms with Gasteiger partial charge in [0.1, 0.15) is 0 Å². The molecule has 0 saturated heterocycles. The first-order valence-electron chi connectivity index (χ1n) is 5.82. The van der Waals surface area contributed by atoms with Gasteiger partial charge in [-0.2, -0.15) is 15.0 Å². The van der Waals surface area contributed by atoms with E-state index in [0.29, 0.717) is 23.9 Å². The minimum absolute atomic E-state index is 0.401. The normalized spacial score (nSPS) is 14.6. The van der Waals surface area contributed by atoms with Crippen LogP contribution in [0.4, 0.5) is 17.8 Å². The van der Waals surface area contributed by atoms with Crippen molar-refractivity contribution in [1.29, 1.82) is 0 Å². The Balaban J connectivity index is 2.34. The molecule has 17 heavy (non-hydrogen) atoms. The van der Waals surface area contributed by atoms with Crippen LogP contribution in [0.25, 0.3) is 0 Å². The lowest BCUT2D eigenvalue weighted by Gasteiger charge is -2.22. The van der Waals surface area contributed by atoms with E-state index in [4.69, 9.17) is 5.84 Å². The number of anilines is 3. The van der Waals surface area contributed by atoms with Crippen LogP contribution in [0.1, 0.15) is 19.8 Å². The van der Waals surface area contributed by atoms with Gasteiger partial charge in [0.25, 0.3) is 0 Å². The predicted molar refractivity (Wildman–Crippen MR) is 68.0 cm³/mol. The highest BCUT2D eigenvalue weighted by molar-refractivity contribution is 5.45. The first-order chi connectivity index (χ1) is 8.15. The summed E-state index contributed by atoms with van der Waals surface area (Å²) in [5.74, 6) is 7.09. The molecule has 1 aromatic rings. The fraction of sp³-hybridized carbons (Fsp3) is 0.700. The van der Waals surface area contributed by atoms with Crippen molar-refractivity contribution >= 4 is 17.8 Å². The molecular formula is C10H19N7. The standard InChI is InChI=1S/C10H19N7/c1-4-17(7-5-6-7)10-13-8(15-11)12-9(14-10)16(2)3/h7H,4-6,11H2,1-3H3,(H,12,13,14,15). The maximum Gasteiger partial charge on any atom is 0.243 e. The Labute approximate surface area is 101 Å². The van der Waals surface area contributed by atoms with Crippen LogP contribution in [0, 0.1) is 0 Å². The number of hydrazine groups is 1. The molecule has 0 atom stereocenters. The molecule has 7 heteroatoms.